The number of pyridine rings is 1. The summed E-state index contributed by atoms with van der Waals surface area (Å²) in [6.07, 6.45) is 6.22. The molecular formula is C29H30N6O2. The Morgan fingerprint density at radius 2 is 1.81 bits per heavy atom. The Bertz CT molecular complexity index is 1430. The third-order valence-corrected chi connectivity index (χ3v) is 6.71. The maximum absolute atomic E-state index is 12.3. The van der Waals surface area contributed by atoms with Gasteiger partial charge in [0, 0.05) is 48.4 Å². The van der Waals surface area contributed by atoms with Gasteiger partial charge in [-0.1, -0.05) is 37.3 Å². The van der Waals surface area contributed by atoms with E-state index in [-0.39, 0.29) is 17.7 Å². The summed E-state index contributed by atoms with van der Waals surface area (Å²) < 4.78 is 0. The van der Waals surface area contributed by atoms with Crippen LogP contribution in [0.2, 0.25) is 0 Å². The van der Waals surface area contributed by atoms with E-state index in [2.05, 4.69) is 43.9 Å². The molecule has 3 N–H and O–H groups in total. The minimum atomic E-state index is -0.116. The molecular weight excluding hydrogens is 464 g/mol. The van der Waals surface area contributed by atoms with Gasteiger partial charge in [-0.3, -0.25) is 14.6 Å². The van der Waals surface area contributed by atoms with Crippen LogP contribution in [0.15, 0.2) is 67.1 Å². The molecule has 1 aliphatic rings. The smallest absolute Gasteiger partial charge is 0.251 e. The van der Waals surface area contributed by atoms with Crippen molar-refractivity contribution in [2.45, 2.75) is 38.1 Å². The van der Waals surface area contributed by atoms with Crippen LogP contribution in [0.3, 0.4) is 0 Å². The van der Waals surface area contributed by atoms with E-state index >= 15 is 0 Å². The first-order valence-electron chi connectivity index (χ1n) is 12.6. The number of hydrogen-bond donors (Lipinski definition) is 3. The molecule has 0 radical (unpaired) electrons. The average molecular weight is 495 g/mol. The van der Waals surface area contributed by atoms with Gasteiger partial charge in [-0.05, 0) is 48.9 Å². The number of nitrogens with zero attached hydrogens (tertiary/aromatic N) is 3. The van der Waals surface area contributed by atoms with Crippen LogP contribution in [-0.2, 0) is 0 Å². The van der Waals surface area contributed by atoms with Crippen molar-refractivity contribution in [1.29, 1.82) is 0 Å². The van der Waals surface area contributed by atoms with Crippen LogP contribution in [0.1, 0.15) is 58.4 Å². The minimum Gasteiger partial charge on any atom is -0.370 e. The fourth-order valence-corrected chi connectivity index (χ4v) is 4.40. The second-order valence-corrected chi connectivity index (χ2v) is 9.41. The van der Waals surface area contributed by atoms with Gasteiger partial charge in [-0.2, -0.15) is 0 Å². The molecule has 1 unspecified atom stereocenters. The minimum absolute atomic E-state index is 0.0283. The molecule has 0 spiro atoms. The molecule has 0 bridgehead atoms. The first-order chi connectivity index (χ1) is 18.0. The molecule has 188 valence electrons. The Morgan fingerprint density at radius 1 is 1.00 bits per heavy atom. The van der Waals surface area contributed by atoms with Gasteiger partial charge >= 0.3 is 0 Å². The zero-order chi connectivity index (χ0) is 25.8. The fourth-order valence-electron chi connectivity index (χ4n) is 4.40. The summed E-state index contributed by atoms with van der Waals surface area (Å²) in [5.41, 5.74) is 4.97. The monoisotopic (exact) mass is 494 g/mol. The van der Waals surface area contributed by atoms with Crippen molar-refractivity contribution < 1.29 is 9.59 Å². The Morgan fingerprint density at radius 3 is 2.57 bits per heavy atom. The van der Waals surface area contributed by atoms with Gasteiger partial charge < -0.3 is 16.0 Å². The third-order valence-electron chi connectivity index (χ3n) is 6.71. The molecule has 2 amide bonds. The van der Waals surface area contributed by atoms with Crippen LogP contribution in [0.25, 0.3) is 22.2 Å². The summed E-state index contributed by atoms with van der Waals surface area (Å²) in [5.74, 6) is 0.819. The predicted molar refractivity (Wildman–Crippen MR) is 145 cm³/mol. The number of amides is 2. The number of hydrogen-bond acceptors (Lipinski definition) is 6. The number of aromatic nitrogens is 3. The van der Waals surface area contributed by atoms with Gasteiger partial charge in [0.2, 0.25) is 0 Å². The molecule has 2 aromatic heterocycles. The van der Waals surface area contributed by atoms with Crippen molar-refractivity contribution >= 4 is 28.5 Å². The summed E-state index contributed by atoms with van der Waals surface area (Å²) in [6, 6.07) is 17.5. The predicted octanol–water partition coefficient (Wildman–Crippen LogP) is 4.55. The zero-order valence-electron chi connectivity index (χ0n) is 21.0. The van der Waals surface area contributed by atoms with Gasteiger partial charge in [0.25, 0.3) is 11.8 Å². The van der Waals surface area contributed by atoms with E-state index in [1.54, 1.807) is 25.6 Å². The standard InChI is InChI=1S/C29H30N6O2/c1-18(22-4-3-5-23-24(29(37)30-2)13-15-32-27(22)23)12-14-31-26-16-25(33-17-34-26)19-6-8-20(9-7-19)28(36)35-21-10-11-21/h3-9,13,15-18,21H,10-12,14H2,1-2H3,(H,30,37)(H,35,36)(H,31,33,34). The van der Waals surface area contributed by atoms with Crippen molar-refractivity contribution in [3.63, 3.8) is 0 Å². The lowest BCUT2D eigenvalue weighted by Crippen LogP contribution is -2.25. The number of fused-ring (bicyclic) bond motifs is 1. The number of benzene rings is 2. The molecule has 37 heavy (non-hydrogen) atoms. The largest absolute Gasteiger partial charge is 0.370 e. The summed E-state index contributed by atoms with van der Waals surface area (Å²) >= 11 is 0. The highest BCUT2D eigenvalue weighted by molar-refractivity contribution is 6.06. The first-order valence-corrected chi connectivity index (χ1v) is 12.6. The topological polar surface area (TPSA) is 109 Å². The number of carbonyl (C=O) groups is 2. The lowest BCUT2D eigenvalue weighted by Gasteiger charge is -2.16. The number of rotatable bonds is 9. The van der Waals surface area contributed by atoms with Crippen LogP contribution in [-0.4, -0.2) is 46.4 Å². The maximum Gasteiger partial charge on any atom is 0.251 e. The normalized spacial score (nSPS) is 13.7. The van der Waals surface area contributed by atoms with E-state index in [9.17, 15) is 9.59 Å². The first kappa shape index (κ1) is 24.4. The molecule has 8 heteroatoms. The van der Waals surface area contributed by atoms with Gasteiger partial charge in [-0.25, -0.2) is 9.97 Å². The van der Waals surface area contributed by atoms with E-state index in [4.69, 9.17) is 0 Å². The molecule has 0 aliphatic heterocycles. The molecule has 2 aromatic carbocycles. The quantitative estimate of drug-likeness (QED) is 0.315. The Labute approximate surface area is 216 Å². The summed E-state index contributed by atoms with van der Waals surface area (Å²) in [6.45, 7) is 2.88. The van der Waals surface area contributed by atoms with Gasteiger partial charge in [-0.15, -0.1) is 0 Å². The van der Waals surface area contributed by atoms with Gasteiger partial charge in [0.05, 0.1) is 16.8 Å². The Kier molecular flexibility index (Phi) is 7.07. The lowest BCUT2D eigenvalue weighted by atomic mass is 9.93. The molecule has 1 aliphatic carbocycles. The summed E-state index contributed by atoms with van der Waals surface area (Å²) in [4.78, 5) is 37.9. The van der Waals surface area contributed by atoms with Crippen molar-refractivity contribution in [2.75, 3.05) is 18.9 Å². The van der Waals surface area contributed by atoms with E-state index in [0.29, 0.717) is 23.7 Å². The van der Waals surface area contributed by atoms with Crippen LogP contribution < -0.4 is 16.0 Å². The second kappa shape index (κ2) is 10.7. The number of anilines is 1. The van der Waals surface area contributed by atoms with E-state index in [1.165, 1.54) is 0 Å². The molecule has 8 nitrogen and oxygen atoms in total. The van der Waals surface area contributed by atoms with Gasteiger partial charge in [0.15, 0.2) is 0 Å². The molecule has 1 fully saturated rings. The van der Waals surface area contributed by atoms with Crippen molar-refractivity contribution in [2.24, 2.45) is 0 Å². The van der Waals surface area contributed by atoms with Crippen LogP contribution in [0.4, 0.5) is 5.82 Å². The molecule has 2 heterocycles. The SMILES string of the molecule is CNC(=O)c1ccnc2c(C(C)CCNc3cc(-c4ccc(C(=O)NC5CC5)cc4)ncn3)cccc12. The number of nitrogens with one attached hydrogen (secondary N) is 3. The van der Waals surface area contributed by atoms with Crippen molar-refractivity contribution in [3.8, 4) is 11.3 Å². The zero-order valence-corrected chi connectivity index (χ0v) is 21.0. The number of para-hydroxylation sites is 1. The van der Waals surface area contributed by atoms with Gasteiger partial charge in [0.1, 0.15) is 12.1 Å². The Hall–Kier alpha value is -4.33. The van der Waals surface area contributed by atoms with Crippen LogP contribution in [0.5, 0.6) is 0 Å². The molecule has 1 atom stereocenters. The molecule has 5 rings (SSSR count). The highest BCUT2D eigenvalue weighted by atomic mass is 16.2. The van der Waals surface area contributed by atoms with Crippen molar-refractivity contribution in [3.05, 3.63) is 83.8 Å². The second-order valence-electron chi connectivity index (χ2n) is 9.41. The van der Waals surface area contributed by atoms with E-state index in [0.717, 1.165) is 52.8 Å². The maximum atomic E-state index is 12.3. The van der Waals surface area contributed by atoms with Crippen molar-refractivity contribution in [1.82, 2.24) is 25.6 Å². The molecule has 0 saturated heterocycles. The van der Waals surface area contributed by atoms with E-state index in [1.807, 2.05) is 42.5 Å². The van der Waals surface area contributed by atoms with Crippen LogP contribution in [0, 0.1) is 0 Å². The van der Waals surface area contributed by atoms with Crippen LogP contribution >= 0.6 is 0 Å². The number of carbonyl (C=O) groups excluding carboxylic acids is 2. The highest BCUT2D eigenvalue weighted by Crippen LogP contribution is 2.28. The average Bonchev–Trinajstić information content (AvgIpc) is 3.76. The fraction of sp³-hybridized carbons (Fsp3) is 0.276. The lowest BCUT2D eigenvalue weighted by molar-refractivity contribution is 0.0947. The summed E-state index contributed by atoms with van der Waals surface area (Å²) in [5, 5.41) is 9.96. The van der Waals surface area contributed by atoms with E-state index < -0.39 is 0 Å². The Balaban J connectivity index is 1.23. The molecule has 4 aromatic rings. The molecule has 1 saturated carbocycles. The highest BCUT2D eigenvalue weighted by Gasteiger charge is 2.23. The summed E-state index contributed by atoms with van der Waals surface area (Å²) in [7, 11) is 1.63. The third kappa shape index (κ3) is 5.58.